The van der Waals surface area contributed by atoms with E-state index in [1.807, 2.05) is 85.3 Å². The van der Waals surface area contributed by atoms with Gasteiger partial charge in [-0.05, 0) is 94.1 Å². The number of para-hydroxylation sites is 1. The summed E-state index contributed by atoms with van der Waals surface area (Å²) in [5.74, 6) is 0. The van der Waals surface area contributed by atoms with E-state index in [-0.39, 0.29) is 20.1 Å². The summed E-state index contributed by atoms with van der Waals surface area (Å²) in [6, 6.07) is 76.6. The standard InChI is InChI=1S/C61H42N3O.Ir/c1-2-12-52(53-32-31-49(59-16-7-10-36-64-59)40-56(53)48-30-33-55-54-13-3-4-17-60(54)65-61(55)41-48)51(11-1)50-38-44(20-18-42-22-26-46(27-23-42)57-14-5-8-34-62-57)37-45(39-50)21-19-43-24-28-47(29-25-43)58-15-6-9-35-63-58;/h1-17,22-26,28,30,32-41H,18-21H2;/q-3;+3. The molecular weight excluding hydrogens is 983 g/mol. The van der Waals surface area contributed by atoms with Crippen LogP contribution in [0.3, 0.4) is 0 Å². The maximum absolute atomic E-state index is 6.43. The minimum Gasteiger partial charge on any atom is -0.456 e. The Hall–Kier alpha value is -7.56. The molecule has 0 N–H and O–H groups in total. The molecule has 0 aliphatic heterocycles. The normalized spacial score (nSPS) is 11.2. The summed E-state index contributed by atoms with van der Waals surface area (Å²) in [6.45, 7) is 0. The maximum atomic E-state index is 6.43. The van der Waals surface area contributed by atoms with Gasteiger partial charge in [-0.1, -0.05) is 133 Å². The Labute approximate surface area is 399 Å². The number of aromatic nitrogens is 3. The van der Waals surface area contributed by atoms with Crippen LogP contribution in [0.4, 0.5) is 0 Å². The Morgan fingerprint density at radius 2 is 0.879 bits per heavy atom. The van der Waals surface area contributed by atoms with Crippen molar-refractivity contribution in [1.29, 1.82) is 0 Å². The Morgan fingerprint density at radius 1 is 0.348 bits per heavy atom. The summed E-state index contributed by atoms with van der Waals surface area (Å²) < 4.78 is 6.43. The van der Waals surface area contributed by atoms with E-state index in [0.717, 1.165) is 104 Å². The molecule has 7 aromatic carbocycles. The first-order valence-corrected chi connectivity index (χ1v) is 22.1. The Bertz CT molecular complexity index is 3300. The van der Waals surface area contributed by atoms with Crippen LogP contribution >= 0.6 is 0 Å². The summed E-state index contributed by atoms with van der Waals surface area (Å²) in [7, 11) is 0. The summed E-state index contributed by atoms with van der Waals surface area (Å²) in [4.78, 5) is 13.8. The second kappa shape index (κ2) is 19.3. The summed E-state index contributed by atoms with van der Waals surface area (Å²) in [5, 5.41) is 2.22. The SMILES string of the molecule is [Ir+3].[c-]1cc(CCc2cc(CCc3c[c-]c(-c4ccccn4)cc3)cc(-c3ccccc3-c3c[c-]c(-c4ccccn4)cc3-c3ccc4c(c3)oc3ccccc34)c2)ccc1-c1ccccn1. The van der Waals surface area contributed by atoms with Gasteiger partial charge in [-0.25, -0.2) is 0 Å². The third-order valence-corrected chi connectivity index (χ3v) is 12.2. The summed E-state index contributed by atoms with van der Waals surface area (Å²) >= 11 is 0. The topological polar surface area (TPSA) is 51.8 Å². The van der Waals surface area contributed by atoms with Gasteiger partial charge in [0.25, 0.3) is 0 Å². The molecular formula is C61H42IrN3O. The summed E-state index contributed by atoms with van der Waals surface area (Å²) in [5.41, 5.74) is 19.3. The number of nitrogens with zero attached hydrogens (tertiary/aromatic N) is 3. The number of rotatable bonds is 12. The first kappa shape index (κ1) is 42.4. The molecule has 0 saturated heterocycles. The number of aryl methyl sites for hydroxylation is 4. The van der Waals surface area contributed by atoms with E-state index >= 15 is 0 Å². The van der Waals surface area contributed by atoms with Crippen LogP contribution in [-0.2, 0) is 45.8 Å². The quantitative estimate of drug-likeness (QED) is 0.114. The first-order chi connectivity index (χ1) is 32.2. The molecule has 0 spiro atoms. The third kappa shape index (κ3) is 9.05. The molecule has 0 aliphatic carbocycles. The van der Waals surface area contributed by atoms with Crippen LogP contribution in [0.2, 0.25) is 0 Å². The molecule has 4 aromatic heterocycles. The maximum Gasteiger partial charge on any atom is 3.00 e. The van der Waals surface area contributed by atoms with Gasteiger partial charge >= 0.3 is 20.1 Å². The fourth-order valence-electron chi connectivity index (χ4n) is 8.86. The van der Waals surface area contributed by atoms with Crippen LogP contribution in [-0.4, -0.2) is 15.0 Å². The smallest absolute Gasteiger partial charge is 0.456 e. The fraction of sp³-hybridized carbons (Fsp3) is 0.0656. The largest absolute Gasteiger partial charge is 3.00 e. The number of furan rings is 1. The van der Waals surface area contributed by atoms with Crippen molar-refractivity contribution in [2.24, 2.45) is 0 Å². The number of hydrogen-bond acceptors (Lipinski definition) is 4. The number of benzene rings is 7. The van der Waals surface area contributed by atoms with Gasteiger partial charge in [0.2, 0.25) is 0 Å². The predicted octanol–water partition coefficient (Wildman–Crippen LogP) is 14.7. The molecule has 0 bridgehead atoms. The van der Waals surface area contributed by atoms with Crippen molar-refractivity contribution < 1.29 is 24.5 Å². The van der Waals surface area contributed by atoms with Crippen LogP contribution in [0.25, 0.3) is 89.1 Å². The number of pyridine rings is 3. The molecule has 0 fully saturated rings. The first-order valence-electron chi connectivity index (χ1n) is 22.1. The molecule has 4 nitrogen and oxygen atoms in total. The molecule has 0 unspecified atom stereocenters. The zero-order valence-electron chi connectivity index (χ0n) is 36.0. The van der Waals surface area contributed by atoms with Gasteiger partial charge in [0.1, 0.15) is 11.2 Å². The molecule has 11 aromatic rings. The van der Waals surface area contributed by atoms with Crippen LogP contribution < -0.4 is 0 Å². The van der Waals surface area contributed by atoms with Gasteiger partial charge in [0.15, 0.2) is 0 Å². The van der Waals surface area contributed by atoms with Gasteiger partial charge < -0.3 is 19.4 Å². The van der Waals surface area contributed by atoms with Crippen molar-refractivity contribution >= 4 is 21.9 Å². The van der Waals surface area contributed by atoms with E-state index in [0.29, 0.717) is 0 Å². The van der Waals surface area contributed by atoms with Gasteiger partial charge in [0, 0.05) is 29.4 Å². The monoisotopic (exact) mass is 1030 g/mol. The Balaban J connectivity index is 0.00000511. The molecule has 4 heterocycles. The zero-order chi connectivity index (χ0) is 43.4. The molecule has 0 radical (unpaired) electrons. The molecule has 5 heteroatoms. The van der Waals surface area contributed by atoms with Crippen molar-refractivity contribution in [3.05, 3.63) is 247 Å². The van der Waals surface area contributed by atoms with E-state index in [9.17, 15) is 0 Å². The van der Waals surface area contributed by atoms with Gasteiger partial charge in [0.05, 0.1) is 0 Å². The van der Waals surface area contributed by atoms with E-state index in [2.05, 4.69) is 149 Å². The van der Waals surface area contributed by atoms with Crippen LogP contribution in [0, 0.1) is 18.2 Å². The Morgan fingerprint density at radius 3 is 1.47 bits per heavy atom. The fourth-order valence-corrected chi connectivity index (χ4v) is 8.86. The van der Waals surface area contributed by atoms with Crippen LogP contribution in [0.1, 0.15) is 22.3 Å². The zero-order valence-corrected chi connectivity index (χ0v) is 38.4. The van der Waals surface area contributed by atoms with Crippen molar-refractivity contribution in [2.75, 3.05) is 0 Å². The summed E-state index contributed by atoms with van der Waals surface area (Å²) in [6.07, 6.45) is 9.06. The van der Waals surface area contributed by atoms with E-state index in [1.165, 1.54) is 33.4 Å². The van der Waals surface area contributed by atoms with Gasteiger partial charge in [-0.3, -0.25) is 0 Å². The molecule has 11 rings (SSSR count). The Kier molecular flexibility index (Phi) is 12.4. The van der Waals surface area contributed by atoms with Crippen molar-refractivity contribution in [1.82, 2.24) is 15.0 Å². The average Bonchev–Trinajstić information content (AvgIpc) is 3.76. The van der Waals surface area contributed by atoms with E-state index in [1.54, 1.807) is 0 Å². The third-order valence-electron chi connectivity index (χ3n) is 12.2. The second-order valence-electron chi connectivity index (χ2n) is 16.4. The molecule has 0 aliphatic rings. The van der Waals surface area contributed by atoms with Crippen molar-refractivity contribution in [2.45, 2.75) is 25.7 Å². The molecule has 0 amide bonds. The van der Waals surface area contributed by atoms with Crippen LogP contribution in [0.15, 0.2) is 211 Å². The van der Waals surface area contributed by atoms with Gasteiger partial charge in [-0.15, -0.1) is 94.5 Å². The molecule has 316 valence electrons. The van der Waals surface area contributed by atoms with Crippen molar-refractivity contribution in [3.63, 3.8) is 0 Å². The van der Waals surface area contributed by atoms with E-state index < -0.39 is 0 Å². The minimum atomic E-state index is 0. The molecule has 0 saturated carbocycles. The van der Waals surface area contributed by atoms with Crippen molar-refractivity contribution in [3.8, 4) is 67.2 Å². The molecule has 66 heavy (non-hydrogen) atoms. The number of hydrogen-bond donors (Lipinski definition) is 0. The average molecular weight is 1030 g/mol. The minimum absolute atomic E-state index is 0. The van der Waals surface area contributed by atoms with E-state index in [4.69, 9.17) is 9.40 Å². The predicted molar refractivity (Wildman–Crippen MR) is 264 cm³/mol. The van der Waals surface area contributed by atoms with Gasteiger partial charge in [-0.2, -0.15) is 0 Å². The molecule has 0 atom stereocenters. The van der Waals surface area contributed by atoms with Crippen LogP contribution in [0.5, 0.6) is 0 Å². The second-order valence-corrected chi connectivity index (χ2v) is 16.4. The number of fused-ring (bicyclic) bond motifs is 3.